The summed E-state index contributed by atoms with van der Waals surface area (Å²) in [6, 6.07) is 9.77. The molecule has 0 bridgehead atoms. The topological polar surface area (TPSA) is 44.8 Å². The third-order valence-corrected chi connectivity index (χ3v) is 6.89. The number of unbranched alkanes of at least 4 members (excludes halogenated alkanes) is 3. The lowest BCUT2D eigenvalue weighted by Gasteiger charge is -2.11. The Morgan fingerprint density at radius 1 is 0.895 bits per heavy atom. The molecule has 0 aliphatic heterocycles. The van der Waals surface area contributed by atoms with Gasteiger partial charge < -0.3 is 13.8 Å². The molecule has 38 heavy (non-hydrogen) atoms. The van der Waals surface area contributed by atoms with Gasteiger partial charge in [0.25, 0.3) is 0 Å². The normalized spacial score (nSPS) is 14.3. The number of benzene rings is 1. The first kappa shape index (κ1) is 34.6. The molecule has 0 saturated heterocycles. The molecule has 5 unspecified atom stereocenters. The summed E-state index contributed by atoms with van der Waals surface area (Å²) in [4.78, 5) is 11.9. The van der Waals surface area contributed by atoms with E-state index in [9.17, 15) is 4.79 Å². The molecule has 1 aromatic rings. The number of esters is 1. The van der Waals surface area contributed by atoms with Crippen molar-refractivity contribution in [3.8, 4) is 0 Å². The summed E-state index contributed by atoms with van der Waals surface area (Å²) in [6.45, 7) is 2.50. The van der Waals surface area contributed by atoms with Gasteiger partial charge in [0.1, 0.15) is 6.61 Å². The highest BCUT2D eigenvalue weighted by molar-refractivity contribution is 8.00. The van der Waals surface area contributed by atoms with E-state index >= 15 is 0 Å². The molecule has 7 heteroatoms. The lowest BCUT2D eigenvalue weighted by molar-refractivity contribution is -0.145. The molecule has 0 amide bonds. The third kappa shape index (κ3) is 20.5. The maximum absolute atomic E-state index is 11.9. The van der Waals surface area contributed by atoms with Crippen LogP contribution in [0.15, 0.2) is 91.1 Å². The van der Waals surface area contributed by atoms with Gasteiger partial charge in [-0.15, -0.1) is 0 Å². The van der Waals surface area contributed by atoms with Crippen LogP contribution in [0.5, 0.6) is 0 Å². The Labute approximate surface area is 237 Å². The number of carbonyl (C=O) groups is 1. The van der Waals surface area contributed by atoms with Gasteiger partial charge in [-0.05, 0) is 50.5 Å². The zero-order valence-electron chi connectivity index (χ0n) is 22.9. The van der Waals surface area contributed by atoms with Crippen molar-refractivity contribution in [2.75, 3.05) is 0 Å². The first-order chi connectivity index (χ1) is 18.7. The maximum atomic E-state index is 11.9. The second-order valence-electron chi connectivity index (χ2n) is 8.87. The predicted molar refractivity (Wildman–Crippen MR) is 171 cm³/mol. The number of hydrogen-bond donors (Lipinski definition) is 0. The zero-order valence-corrected chi connectivity index (χ0v) is 26.2. The average molecular weight is 577 g/mol. The van der Waals surface area contributed by atoms with Crippen molar-refractivity contribution in [3.63, 3.8) is 0 Å². The Balaban J connectivity index is 2.20. The van der Waals surface area contributed by atoms with Crippen molar-refractivity contribution in [2.45, 2.75) is 89.9 Å². The SMILES string of the molecule is CC/C=C\C/C=C\CCCC(\C=C/C=C/C=C/C(CCCCCC(=O)OCc1ccccc1)OP)OPP. The van der Waals surface area contributed by atoms with Gasteiger partial charge >= 0.3 is 5.97 Å². The van der Waals surface area contributed by atoms with Crippen LogP contribution in [0.1, 0.15) is 76.7 Å². The van der Waals surface area contributed by atoms with Crippen LogP contribution >= 0.6 is 26.9 Å². The molecular formula is C31H47O4P3. The van der Waals surface area contributed by atoms with E-state index < -0.39 is 0 Å². The standard InChI is InChI=1S/C31H47O4P3/c1-2-3-4-5-6-7-8-16-24-30(35-38-37)25-17-10-9-15-22-29(34-36)23-18-12-19-26-31(32)33-27-28-20-13-11-14-21-28/h3-4,6-7,9-11,13-15,17,20-22,25,29-30,38H,2,5,8,12,16,18-19,23-24,26-27,36-37H2,1H3/b4-3-,7-6-,10-9+,22-15+,25-17-. The first-order valence-electron chi connectivity index (χ1n) is 13.7. The number of rotatable bonds is 22. The molecule has 0 radical (unpaired) electrons. The Morgan fingerprint density at radius 2 is 1.61 bits per heavy atom. The summed E-state index contributed by atoms with van der Waals surface area (Å²) in [6.07, 6.45) is 30.9. The van der Waals surface area contributed by atoms with Gasteiger partial charge in [-0.3, -0.25) is 4.79 Å². The van der Waals surface area contributed by atoms with Gasteiger partial charge in [0.05, 0.1) is 12.2 Å². The Hall–Kier alpha value is -1.40. The van der Waals surface area contributed by atoms with Crippen LogP contribution in [0, 0.1) is 0 Å². The van der Waals surface area contributed by atoms with Crippen molar-refractivity contribution < 1.29 is 18.6 Å². The molecule has 0 aromatic heterocycles. The van der Waals surface area contributed by atoms with Crippen molar-refractivity contribution in [2.24, 2.45) is 0 Å². The lowest BCUT2D eigenvalue weighted by atomic mass is 10.1. The third-order valence-electron chi connectivity index (χ3n) is 5.69. The van der Waals surface area contributed by atoms with Gasteiger partial charge in [-0.2, -0.15) is 0 Å². The molecule has 0 N–H and O–H groups in total. The molecular weight excluding hydrogens is 529 g/mol. The van der Waals surface area contributed by atoms with Crippen LogP contribution in [-0.2, 0) is 25.2 Å². The van der Waals surface area contributed by atoms with Crippen LogP contribution in [0.3, 0.4) is 0 Å². The van der Waals surface area contributed by atoms with E-state index in [-0.39, 0.29) is 18.2 Å². The van der Waals surface area contributed by atoms with Crippen LogP contribution in [0.4, 0.5) is 0 Å². The molecule has 1 aromatic carbocycles. The van der Waals surface area contributed by atoms with Crippen molar-refractivity contribution >= 4 is 32.9 Å². The summed E-state index contributed by atoms with van der Waals surface area (Å²) in [5.74, 6) is -0.135. The van der Waals surface area contributed by atoms with Gasteiger partial charge in [0.15, 0.2) is 0 Å². The summed E-state index contributed by atoms with van der Waals surface area (Å²) in [7, 11) is 5.42. The van der Waals surface area contributed by atoms with Crippen LogP contribution in [0.25, 0.3) is 0 Å². The fourth-order valence-electron chi connectivity index (χ4n) is 3.59. The van der Waals surface area contributed by atoms with E-state index in [2.05, 4.69) is 67.9 Å². The molecule has 5 atom stereocenters. The van der Waals surface area contributed by atoms with E-state index in [1.807, 2.05) is 48.6 Å². The van der Waals surface area contributed by atoms with Crippen molar-refractivity contribution in [3.05, 3.63) is 96.7 Å². The smallest absolute Gasteiger partial charge is 0.306 e. The van der Waals surface area contributed by atoms with Crippen molar-refractivity contribution in [1.29, 1.82) is 0 Å². The number of ether oxygens (including phenoxy) is 1. The quantitative estimate of drug-likeness (QED) is 0.0454. The predicted octanol–water partition coefficient (Wildman–Crippen LogP) is 9.38. The number of carbonyl (C=O) groups excluding carboxylic acids is 1. The molecule has 4 nitrogen and oxygen atoms in total. The minimum atomic E-state index is -0.135. The number of allylic oxidation sites excluding steroid dienone is 8. The van der Waals surface area contributed by atoms with E-state index in [0.717, 1.165) is 63.4 Å². The highest BCUT2D eigenvalue weighted by Gasteiger charge is 2.06. The minimum absolute atomic E-state index is 0.0403. The Bertz CT molecular complexity index is 850. The Morgan fingerprint density at radius 3 is 2.32 bits per heavy atom. The second kappa shape index (κ2) is 25.9. The summed E-state index contributed by atoms with van der Waals surface area (Å²) in [5.41, 5.74) is 1.01. The largest absolute Gasteiger partial charge is 0.461 e. The van der Waals surface area contributed by atoms with E-state index in [0.29, 0.717) is 21.5 Å². The summed E-state index contributed by atoms with van der Waals surface area (Å²) >= 11 is 0. The summed E-state index contributed by atoms with van der Waals surface area (Å²) in [5, 5.41) is 0. The van der Waals surface area contributed by atoms with E-state index in [1.165, 1.54) is 0 Å². The zero-order chi connectivity index (χ0) is 27.5. The maximum Gasteiger partial charge on any atom is 0.306 e. The van der Waals surface area contributed by atoms with E-state index in [1.54, 1.807) is 0 Å². The fourth-order valence-corrected chi connectivity index (χ4v) is 4.71. The number of hydrogen-bond acceptors (Lipinski definition) is 4. The van der Waals surface area contributed by atoms with E-state index in [4.69, 9.17) is 13.8 Å². The monoisotopic (exact) mass is 576 g/mol. The first-order valence-corrected chi connectivity index (χ1v) is 16.9. The molecule has 0 aliphatic rings. The Kier molecular flexibility index (Phi) is 23.6. The second-order valence-corrected chi connectivity index (χ2v) is 10.3. The molecule has 0 aliphatic carbocycles. The fraction of sp³-hybridized carbons (Fsp3) is 0.452. The molecule has 0 spiro atoms. The average Bonchev–Trinajstić information content (AvgIpc) is 2.94. The van der Waals surface area contributed by atoms with Crippen molar-refractivity contribution in [1.82, 2.24) is 0 Å². The van der Waals surface area contributed by atoms with Gasteiger partial charge in [-0.25, -0.2) is 0 Å². The molecule has 0 saturated carbocycles. The highest BCUT2D eigenvalue weighted by Crippen LogP contribution is 2.26. The van der Waals surface area contributed by atoms with Crippen LogP contribution in [-0.4, -0.2) is 18.2 Å². The van der Waals surface area contributed by atoms with Gasteiger partial charge in [0.2, 0.25) is 0 Å². The molecule has 0 fully saturated rings. The lowest BCUT2D eigenvalue weighted by Crippen LogP contribution is -2.05. The minimum Gasteiger partial charge on any atom is -0.461 e. The van der Waals surface area contributed by atoms with Gasteiger partial charge in [0, 0.05) is 24.4 Å². The highest BCUT2D eigenvalue weighted by atomic mass is 32.0. The van der Waals surface area contributed by atoms with Gasteiger partial charge in [-0.1, -0.05) is 120 Å². The molecule has 0 heterocycles. The van der Waals surface area contributed by atoms with Crippen LogP contribution < -0.4 is 0 Å². The van der Waals surface area contributed by atoms with Crippen LogP contribution in [0.2, 0.25) is 0 Å². The summed E-state index contributed by atoms with van der Waals surface area (Å²) < 4.78 is 16.7. The molecule has 210 valence electrons. The molecule has 1 rings (SSSR count).